The lowest BCUT2D eigenvalue weighted by Crippen LogP contribution is -2.15. The van der Waals surface area contributed by atoms with Gasteiger partial charge in [-0.25, -0.2) is 0 Å². The quantitative estimate of drug-likeness (QED) is 0.412. The van der Waals surface area contributed by atoms with Crippen LogP contribution in [0.15, 0.2) is 84.9 Å². The molecule has 0 saturated carbocycles. The Bertz CT molecular complexity index is 1180. The molecule has 0 saturated heterocycles. The van der Waals surface area contributed by atoms with Crippen LogP contribution in [-0.4, -0.2) is 22.0 Å². The summed E-state index contributed by atoms with van der Waals surface area (Å²) in [5.74, 6) is -0.372. The minimum Gasteiger partial charge on any atom is -0.326 e. The van der Waals surface area contributed by atoms with E-state index in [4.69, 9.17) is 0 Å². The molecule has 0 spiro atoms. The first kappa shape index (κ1) is 21.4. The van der Waals surface area contributed by atoms with Gasteiger partial charge in [-0.3, -0.25) is 14.9 Å². The van der Waals surface area contributed by atoms with Gasteiger partial charge in [0.1, 0.15) is 5.01 Å². The van der Waals surface area contributed by atoms with Gasteiger partial charge in [0.25, 0.3) is 5.91 Å². The van der Waals surface area contributed by atoms with Gasteiger partial charge >= 0.3 is 0 Å². The molecule has 1 aromatic heterocycles. The van der Waals surface area contributed by atoms with Crippen molar-refractivity contribution >= 4 is 34.0 Å². The van der Waals surface area contributed by atoms with Gasteiger partial charge in [-0.2, -0.15) is 0 Å². The average molecular weight is 443 g/mol. The normalized spacial score (nSPS) is 10.5. The maximum absolute atomic E-state index is 12.5. The SMILES string of the molecule is O=C(Cc1ccccc1)Nc1ccc(C(=O)Nc2nnc(CCc3ccccc3)s2)cc1. The molecule has 1 heterocycles. The van der Waals surface area contributed by atoms with Gasteiger partial charge in [0, 0.05) is 17.7 Å². The molecule has 160 valence electrons. The van der Waals surface area contributed by atoms with E-state index in [0.29, 0.717) is 22.8 Å². The number of hydrogen-bond donors (Lipinski definition) is 2. The summed E-state index contributed by atoms with van der Waals surface area (Å²) in [6.45, 7) is 0. The van der Waals surface area contributed by atoms with Crippen LogP contribution >= 0.6 is 11.3 Å². The summed E-state index contributed by atoms with van der Waals surface area (Å²) in [5, 5.41) is 15.2. The number of benzene rings is 3. The highest BCUT2D eigenvalue weighted by Gasteiger charge is 2.11. The fraction of sp³-hybridized carbons (Fsp3) is 0.120. The molecular weight excluding hydrogens is 420 g/mol. The van der Waals surface area contributed by atoms with E-state index in [-0.39, 0.29) is 11.8 Å². The second-order valence-corrected chi connectivity index (χ2v) is 8.29. The van der Waals surface area contributed by atoms with Gasteiger partial charge < -0.3 is 5.32 Å². The number of hydrogen-bond acceptors (Lipinski definition) is 5. The van der Waals surface area contributed by atoms with E-state index in [1.165, 1.54) is 16.9 Å². The molecule has 3 aromatic carbocycles. The highest BCUT2D eigenvalue weighted by molar-refractivity contribution is 7.15. The minimum absolute atomic E-state index is 0.106. The third-order valence-electron chi connectivity index (χ3n) is 4.80. The molecule has 0 fully saturated rings. The van der Waals surface area contributed by atoms with E-state index in [1.807, 2.05) is 48.5 Å². The van der Waals surface area contributed by atoms with Crippen molar-refractivity contribution in [3.63, 3.8) is 0 Å². The number of rotatable bonds is 8. The molecule has 0 aliphatic rings. The first-order valence-electron chi connectivity index (χ1n) is 10.3. The van der Waals surface area contributed by atoms with Crippen LogP contribution in [0.5, 0.6) is 0 Å². The van der Waals surface area contributed by atoms with Crippen molar-refractivity contribution in [3.05, 3.63) is 107 Å². The van der Waals surface area contributed by atoms with E-state index in [2.05, 4.69) is 33.0 Å². The van der Waals surface area contributed by atoms with Gasteiger partial charge in [-0.05, 0) is 41.8 Å². The van der Waals surface area contributed by atoms with E-state index in [0.717, 1.165) is 23.4 Å². The van der Waals surface area contributed by atoms with Crippen molar-refractivity contribution in [1.82, 2.24) is 10.2 Å². The summed E-state index contributed by atoms with van der Waals surface area (Å²) in [5.41, 5.74) is 3.30. The predicted octanol–water partition coefficient (Wildman–Crippen LogP) is 4.76. The fourth-order valence-electron chi connectivity index (χ4n) is 3.16. The summed E-state index contributed by atoms with van der Waals surface area (Å²) < 4.78 is 0. The zero-order valence-electron chi connectivity index (χ0n) is 17.3. The van der Waals surface area contributed by atoms with Gasteiger partial charge in [-0.15, -0.1) is 10.2 Å². The highest BCUT2D eigenvalue weighted by Crippen LogP contribution is 2.19. The van der Waals surface area contributed by atoms with Crippen LogP contribution in [0, 0.1) is 0 Å². The molecule has 4 aromatic rings. The smallest absolute Gasteiger partial charge is 0.257 e. The van der Waals surface area contributed by atoms with Crippen LogP contribution in [-0.2, 0) is 24.1 Å². The summed E-state index contributed by atoms with van der Waals surface area (Å²) in [4.78, 5) is 24.7. The molecule has 0 unspecified atom stereocenters. The standard InChI is InChI=1S/C25H22N4O2S/c30-22(17-19-9-5-2-6-10-19)26-21-14-12-20(13-15-21)24(31)27-25-29-28-23(32-25)16-11-18-7-3-1-4-8-18/h1-10,12-15H,11,16-17H2,(H,26,30)(H,27,29,31). The van der Waals surface area contributed by atoms with Crippen molar-refractivity contribution in [2.45, 2.75) is 19.3 Å². The number of amides is 2. The molecule has 2 amide bonds. The predicted molar refractivity (Wildman–Crippen MR) is 127 cm³/mol. The van der Waals surface area contributed by atoms with Crippen LogP contribution in [0.4, 0.5) is 10.8 Å². The second-order valence-electron chi connectivity index (χ2n) is 7.23. The first-order chi connectivity index (χ1) is 15.7. The van der Waals surface area contributed by atoms with Crippen LogP contribution in [0.3, 0.4) is 0 Å². The van der Waals surface area contributed by atoms with E-state index in [9.17, 15) is 9.59 Å². The van der Waals surface area contributed by atoms with E-state index < -0.39 is 0 Å². The van der Waals surface area contributed by atoms with Crippen molar-refractivity contribution < 1.29 is 9.59 Å². The van der Waals surface area contributed by atoms with Crippen LogP contribution < -0.4 is 10.6 Å². The number of carbonyl (C=O) groups excluding carboxylic acids is 2. The molecule has 0 aliphatic heterocycles. The number of aromatic nitrogens is 2. The van der Waals surface area contributed by atoms with Crippen LogP contribution in [0.25, 0.3) is 0 Å². The van der Waals surface area contributed by atoms with Gasteiger partial charge in [0.15, 0.2) is 0 Å². The largest absolute Gasteiger partial charge is 0.326 e. The summed E-state index contributed by atoms with van der Waals surface area (Å²) >= 11 is 1.38. The Balaban J connectivity index is 1.28. The molecule has 7 heteroatoms. The monoisotopic (exact) mass is 442 g/mol. The molecular formula is C25H22N4O2S. The average Bonchev–Trinajstić information content (AvgIpc) is 3.26. The lowest BCUT2D eigenvalue weighted by molar-refractivity contribution is -0.115. The molecule has 0 atom stereocenters. The second kappa shape index (κ2) is 10.5. The van der Waals surface area contributed by atoms with E-state index >= 15 is 0 Å². The number of nitrogens with zero attached hydrogens (tertiary/aromatic N) is 2. The lowest BCUT2D eigenvalue weighted by atomic mass is 10.1. The van der Waals surface area contributed by atoms with Gasteiger partial charge in [0.2, 0.25) is 11.0 Å². The summed E-state index contributed by atoms with van der Waals surface area (Å²) in [6, 6.07) is 26.5. The van der Waals surface area contributed by atoms with E-state index in [1.54, 1.807) is 24.3 Å². The Morgan fingerprint density at radius 2 is 1.38 bits per heavy atom. The minimum atomic E-state index is -0.266. The number of aryl methyl sites for hydroxylation is 2. The third-order valence-corrected chi connectivity index (χ3v) is 5.69. The molecule has 4 rings (SSSR count). The summed E-state index contributed by atoms with van der Waals surface area (Å²) in [6.07, 6.45) is 1.95. The molecule has 0 radical (unpaired) electrons. The number of anilines is 2. The topological polar surface area (TPSA) is 84.0 Å². The molecule has 0 bridgehead atoms. The molecule has 6 nitrogen and oxygen atoms in total. The Kier molecular flexibility index (Phi) is 6.99. The Morgan fingerprint density at radius 1 is 0.719 bits per heavy atom. The lowest BCUT2D eigenvalue weighted by Gasteiger charge is -2.07. The Labute approximate surface area is 190 Å². The fourth-order valence-corrected chi connectivity index (χ4v) is 3.90. The zero-order valence-corrected chi connectivity index (χ0v) is 18.1. The number of carbonyl (C=O) groups is 2. The molecule has 32 heavy (non-hydrogen) atoms. The first-order valence-corrected chi connectivity index (χ1v) is 11.1. The Morgan fingerprint density at radius 3 is 2.06 bits per heavy atom. The molecule has 0 aliphatic carbocycles. The maximum Gasteiger partial charge on any atom is 0.257 e. The third kappa shape index (κ3) is 6.09. The zero-order chi connectivity index (χ0) is 22.2. The van der Waals surface area contributed by atoms with Crippen LogP contribution in [0.2, 0.25) is 0 Å². The van der Waals surface area contributed by atoms with Gasteiger partial charge in [-0.1, -0.05) is 72.0 Å². The number of nitrogens with one attached hydrogen (secondary N) is 2. The maximum atomic E-state index is 12.5. The van der Waals surface area contributed by atoms with Crippen LogP contribution in [0.1, 0.15) is 26.5 Å². The van der Waals surface area contributed by atoms with Crippen molar-refractivity contribution in [2.24, 2.45) is 0 Å². The van der Waals surface area contributed by atoms with Crippen molar-refractivity contribution in [2.75, 3.05) is 10.6 Å². The highest BCUT2D eigenvalue weighted by atomic mass is 32.1. The summed E-state index contributed by atoms with van der Waals surface area (Å²) in [7, 11) is 0. The molecule has 2 N–H and O–H groups in total. The Hall–Kier alpha value is -3.84. The van der Waals surface area contributed by atoms with Gasteiger partial charge in [0.05, 0.1) is 6.42 Å². The van der Waals surface area contributed by atoms with Crippen molar-refractivity contribution in [3.8, 4) is 0 Å². The van der Waals surface area contributed by atoms with Crippen molar-refractivity contribution in [1.29, 1.82) is 0 Å².